The summed E-state index contributed by atoms with van der Waals surface area (Å²) in [5, 5.41) is 15.1. The molecule has 1 aliphatic heterocycles. The molecule has 3 aromatic heterocycles. The predicted molar refractivity (Wildman–Crippen MR) is 149 cm³/mol. The number of fused-ring (bicyclic) bond motifs is 1. The molecule has 0 radical (unpaired) electrons. The van der Waals surface area contributed by atoms with Crippen LogP contribution in [0.5, 0.6) is 0 Å². The van der Waals surface area contributed by atoms with Gasteiger partial charge in [0.25, 0.3) is 5.91 Å². The molecule has 1 saturated heterocycles. The number of amides is 2. The number of hydrogen-bond acceptors (Lipinski definition) is 11. The molecule has 0 unspecified atom stereocenters. The molecule has 0 aliphatic carbocycles. The first-order chi connectivity index (χ1) is 21.0. The Morgan fingerprint density at radius 1 is 1.07 bits per heavy atom. The molecule has 220 valence electrons. The van der Waals surface area contributed by atoms with Gasteiger partial charge < -0.3 is 14.1 Å². The fourth-order valence-electron chi connectivity index (χ4n) is 4.99. The van der Waals surface area contributed by atoms with Crippen LogP contribution in [0.4, 0.5) is 15.0 Å². The number of halogens is 1. The molecule has 14 nitrogen and oxygen atoms in total. The molecule has 1 N–H and O–H groups in total. The zero-order valence-corrected chi connectivity index (χ0v) is 23.0. The normalized spacial score (nSPS) is 14.5. The maximum absolute atomic E-state index is 13.5. The van der Waals surface area contributed by atoms with Crippen molar-refractivity contribution < 1.29 is 28.2 Å². The Morgan fingerprint density at radius 2 is 1.88 bits per heavy atom. The topological polar surface area (TPSA) is 154 Å². The monoisotopic (exact) mass is 587 g/mol. The van der Waals surface area contributed by atoms with Crippen LogP contribution in [0.25, 0.3) is 22.6 Å². The third-order valence-corrected chi connectivity index (χ3v) is 6.97. The summed E-state index contributed by atoms with van der Waals surface area (Å²) in [6.45, 7) is 2.31. The van der Waals surface area contributed by atoms with E-state index in [1.165, 1.54) is 23.1 Å². The molecule has 1 fully saturated rings. The number of oxazole rings is 1. The molecule has 4 heterocycles. The van der Waals surface area contributed by atoms with Gasteiger partial charge in [-0.25, -0.2) is 14.7 Å². The molecule has 5 aromatic rings. The Bertz CT molecular complexity index is 1740. The number of carbonyl (C=O) groups excluding carboxylic acids is 2. The number of benzene rings is 2. The average Bonchev–Trinajstić information content (AvgIpc) is 3.69. The second-order valence-corrected chi connectivity index (χ2v) is 9.70. The smallest absolute Gasteiger partial charge is 0.436 e. The highest BCUT2D eigenvalue weighted by Crippen LogP contribution is 2.29. The van der Waals surface area contributed by atoms with E-state index < -0.39 is 6.09 Å². The summed E-state index contributed by atoms with van der Waals surface area (Å²) >= 11 is 0. The highest BCUT2D eigenvalue weighted by Gasteiger charge is 2.31. The lowest BCUT2D eigenvalue weighted by molar-refractivity contribution is -0.0544. The number of tetrazole rings is 1. The fourth-order valence-corrected chi connectivity index (χ4v) is 4.99. The molecule has 15 heteroatoms. The largest absolute Gasteiger partial charge is 0.449 e. The average molecular weight is 588 g/mol. The summed E-state index contributed by atoms with van der Waals surface area (Å²) in [5.74, 6) is 0.608. The number of hydrogen-bond donors (Lipinski definition) is 1. The highest BCUT2D eigenvalue weighted by atomic mass is 19.3. The first-order valence-corrected chi connectivity index (χ1v) is 13.3. The number of pyridine rings is 1. The molecule has 43 heavy (non-hydrogen) atoms. The number of anilines is 1. The second-order valence-electron chi connectivity index (χ2n) is 9.70. The van der Waals surface area contributed by atoms with Crippen molar-refractivity contribution in [2.45, 2.75) is 12.8 Å². The van der Waals surface area contributed by atoms with Crippen LogP contribution in [0.3, 0.4) is 0 Å². The minimum Gasteiger partial charge on any atom is -0.436 e. The molecule has 0 saturated carbocycles. The van der Waals surface area contributed by atoms with Crippen LogP contribution >= 0.6 is 0 Å². The van der Waals surface area contributed by atoms with Gasteiger partial charge in [-0.15, -0.1) is 15.0 Å². The molecule has 2 aromatic carbocycles. The van der Waals surface area contributed by atoms with Crippen LogP contribution in [-0.4, -0.2) is 85.3 Å². The van der Waals surface area contributed by atoms with E-state index in [-0.39, 0.29) is 36.0 Å². The number of nitrogens with one attached hydrogen (secondary N) is 1. The van der Waals surface area contributed by atoms with Crippen LogP contribution in [0.2, 0.25) is 0 Å². The third kappa shape index (κ3) is 6.02. The number of rotatable bonds is 8. The van der Waals surface area contributed by atoms with Gasteiger partial charge in [-0.05, 0) is 41.1 Å². The number of nitrogens with zero attached hydrogens (tertiary/aromatic N) is 8. The van der Waals surface area contributed by atoms with E-state index in [0.717, 1.165) is 5.56 Å². The molecular formula is C28H26FN9O5. The number of piperazine rings is 1. The summed E-state index contributed by atoms with van der Waals surface area (Å²) in [5.41, 5.74) is 2.99. The number of methoxy groups -OCH3 is 1. The lowest BCUT2D eigenvalue weighted by Crippen LogP contribution is -2.50. The van der Waals surface area contributed by atoms with E-state index in [0.29, 0.717) is 48.7 Å². The Balaban J connectivity index is 1.16. The van der Waals surface area contributed by atoms with Crippen molar-refractivity contribution in [3.63, 3.8) is 0 Å². The first kappa shape index (κ1) is 27.9. The molecule has 0 bridgehead atoms. The number of carbonyl (C=O) groups is 2. The lowest BCUT2D eigenvalue weighted by atomic mass is 10.0. The van der Waals surface area contributed by atoms with E-state index in [1.807, 2.05) is 30.3 Å². The van der Waals surface area contributed by atoms with Gasteiger partial charge in [0.05, 0.1) is 6.04 Å². The van der Waals surface area contributed by atoms with E-state index in [1.54, 1.807) is 30.2 Å². The molecule has 6 rings (SSSR count). The highest BCUT2D eigenvalue weighted by molar-refractivity contribution is 5.93. The summed E-state index contributed by atoms with van der Waals surface area (Å²) in [7, 11) is 1.57. The Morgan fingerprint density at radius 3 is 2.65 bits per heavy atom. The van der Waals surface area contributed by atoms with Crippen molar-refractivity contribution in [3.05, 3.63) is 83.9 Å². The standard InChI is InChI=1S/C28H26FN9O5/c1-41-17-38-34-25(33-35-38)24(18-5-3-2-4-6-18)36-11-13-37(14-12-36)27(39)22-15-19(9-10-30-22)26-32-21-16-20(31-28(40)43-29)7-8-23(21)42-26/h2-10,15-16,24H,11-14,17H2,1H3,(H,31,40)/t24-/m0/s1. The van der Waals surface area contributed by atoms with E-state index in [2.05, 4.69) is 40.5 Å². The summed E-state index contributed by atoms with van der Waals surface area (Å²) < 4.78 is 23.0. The van der Waals surface area contributed by atoms with Gasteiger partial charge in [0, 0.05) is 55.3 Å². The van der Waals surface area contributed by atoms with Crippen LogP contribution in [0.15, 0.2) is 71.3 Å². The van der Waals surface area contributed by atoms with Crippen molar-refractivity contribution >= 4 is 28.8 Å². The van der Waals surface area contributed by atoms with E-state index in [4.69, 9.17) is 9.15 Å². The lowest BCUT2D eigenvalue weighted by Gasteiger charge is -2.38. The van der Waals surface area contributed by atoms with Crippen molar-refractivity contribution in [1.82, 2.24) is 40.0 Å². The zero-order valence-electron chi connectivity index (χ0n) is 23.0. The van der Waals surface area contributed by atoms with Crippen molar-refractivity contribution in [3.8, 4) is 11.5 Å². The van der Waals surface area contributed by atoms with Crippen LogP contribution < -0.4 is 5.32 Å². The van der Waals surface area contributed by atoms with Crippen LogP contribution in [0, 0.1) is 0 Å². The summed E-state index contributed by atoms with van der Waals surface area (Å²) in [6, 6.07) is 17.6. The predicted octanol–water partition coefficient (Wildman–Crippen LogP) is 3.46. The van der Waals surface area contributed by atoms with Gasteiger partial charge >= 0.3 is 6.09 Å². The van der Waals surface area contributed by atoms with Gasteiger partial charge in [0.2, 0.25) is 5.89 Å². The molecule has 1 atom stereocenters. The minimum atomic E-state index is -1.25. The third-order valence-electron chi connectivity index (χ3n) is 6.97. The fraction of sp³-hybridized carbons (Fsp3) is 0.250. The Hall–Kier alpha value is -5.28. The Labute approximate surface area is 243 Å². The summed E-state index contributed by atoms with van der Waals surface area (Å²) in [6.07, 6.45) is 0.279. The van der Waals surface area contributed by atoms with Gasteiger partial charge in [-0.1, -0.05) is 30.3 Å². The van der Waals surface area contributed by atoms with E-state index >= 15 is 0 Å². The van der Waals surface area contributed by atoms with Crippen LogP contribution in [-0.2, 0) is 16.4 Å². The van der Waals surface area contributed by atoms with Gasteiger partial charge in [0.15, 0.2) is 18.1 Å². The quantitative estimate of drug-likeness (QED) is 0.284. The zero-order chi connectivity index (χ0) is 29.8. The van der Waals surface area contributed by atoms with Crippen LogP contribution in [0.1, 0.15) is 27.9 Å². The Kier molecular flexibility index (Phi) is 7.97. The minimum absolute atomic E-state index is 0.196. The van der Waals surface area contributed by atoms with Gasteiger partial charge in [0.1, 0.15) is 11.2 Å². The maximum Gasteiger partial charge on any atom is 0.449 e. The van der Waals surface area contributed by atoms with Crippen molar-refractivity contribution in [2.24, 2.45) is 0 Å². The maximum atomic E-state index is 13.5. The molecule has 1 aliphatic rings. The SMILES string of the molecule is COCn1nnc([C@H](c2ccccc2)N2CCN(C(=O)c3cc(-c4nc5cc(NC(=O)OF)ccc5o4)ccn3)CC2)n1. The second kappa shape index (κ2) is 12.3. The number of ether oxygens (including phenoxy) is 1. The molecular weight excluding hydrogens is 561 g/mol. The van der Waals surface area contributed by atoms with E-state index in [9.17, 15) is 14.1 Å². The van der Waals surface area contributed by atoms with Gasteiger partial charge in [-0.3, -0.25) is 20.0 Å². The van der Waals surface area contributed by atoms with Crippen molar-refractivity contribution in [2.75, 3.05) is 38.6 Å². The molecule has 2 amide bonds. The number of aromatic nitrogens is 6. The van der Waals surface area contributed by atoms with Gasteiger partial charge in [-0.2, -0.15) is 0 Å². The van der Waals surface area contributed by atoms with Crippen molar-refractivity contribution in [1.29, 1.82) is 0 Å². The first-order valence-electron chi connectivity index (χ1n) is 13.3. The molecule has 0 spiro atoms. The summed E-state index contributed by atoms with van der Waals surface area (Å²) in [4.78, 5) is 41.9.